The number of hydrogen-bond acceptors (Lipinski definition) is 6. The third kappa shape index (κ3) is 4.14. The molecule has 0 aliphatic carbocycles. The standard InChI is InChI=1S/C20H22O6/c1-4-6-17(24-3)13(5-2)15(21)8-9-16(22)14-7-10-18-20(19(14)23)26-12-11-25-18/h4-7,10,23H,2,8-9,11-12H2,1,3H3. The number of carbonyl (C=O) groups is 2. The van der Waals surface area contributed by atoms with E-state index < -0.39 is 0 Å². The lowest BCUT2D eigenvalue weighted by molar-refractivity contribution is -0.115. The van der Waals surface area contributed by atoms with E-state index in [1.807, 2.05) is 0 Å². The molecule has 1 heterocycles. The van der Waals surface area contributed by atoms with Crippen molar-refractivity contribution >= 4 is 11.6 Å². The quantitative estimate of drug-likeness (QED) is 0.332. The van der Waals surface area contributed by atoms with E-state index in [-0.39, 0.29) is 41.5 Å². The molecule has 0 saturated carbocycles. The van der Waals surface area contributed by atoms with Gasteiger partial charge in [0.15, 0.2) is 23.1 Å². The van der Waals surface area contributed by atoms with Gasteiger partial charge in [-0.25, -0.2) is 0 Å². The molecule has 0 bridgehead atoms. The fraction of sp³-hybridized carbons (Fsp3) is 0.300. The maximum atomic E-state index is 12.4. The predicted molar refractivity (Wildman–Crippen MR) is 96.7 cm³/mol. The molecule has 1 N–H and O–H groups in total. The number of carbonyl (C=O) groups excluding carboxylic acids is 2. The summed E-state index contributed by atoms with van der Waals surface area (Å²) in [4.78, 5) is 24.8. The van der Waals surface area contributed by atoms with E-state index in [0.29, 0.717) is 30.3 Å². The Morgan fingerprint density at radius 2 is 2.00 bits per heavy atom. The summed E-state index contributed by atoms with van der Waals surface area (Å²) in [5.74, 6) is 0.0681. The molecule has 6 heteroatoms. The lowest BCUT2D eigenvalue weighted by Crippen LogP contribution is -2.16. The van der Waals surface area contributed by atoms with Crippen LogP contribution in [0.3, 0.4) is 0 Å². The summed E-state index contributed by atoms with van der Waals surface area (Å²) < 4.78 is 15.9. The predicted octanol–water partition coefficient (Wildman–Crippen LogP) is 3.36. The van der Waals surface area contributed by atoms with E-state index in [0.717, 1.165) is 0 Å². The molecule has 0 unspecified atom stereocenters. The van der Waals surface area contributed by atoms with E-state index >= 15 is 0 Å². The number of aromatic hydroxyl groups is 1. The first-order chi connectivity index (χ1) is 12.5. The molecular formula is C20H22O6. The minimum atomic E-state index is -0.360. The molecule has 0 fully saturated rings. The van der Waals surface area contributed by atoms with Gasteiger partial charge in [0, 0.05) is 12.8 Å². The smallest absolute Gasteiger partial charge is 0.204 e. The fourth-order valence-corrected chi connectivity index (χ4v) is 2.59. The van der Waals surface area contributed by atoms with Gasteiger partial charge in [0.2, 0.25) is 5.75 Å². The van der Waals surface area contributed by atoms with Crippen LogP contribution in [0.5, 0.6) is 17.2 Å². The molecule has 0 spiro atoms. The highest BCUT2D eigenvalue weighted by molar-refractivity contribution is 6.05. The molecule has 138 valence electrons. The molecule has 6 nitrogen and oxygen atoms in total. The van der Waals surface area contributed by atoms with Crippen molar-refractivity contribution in [3.05, 3.63) is 53.8 Å². The zero-order valence-corrected chi connectivity index (χ0v) is 14.9. The number of ketones is 2. The Hall–Kier alpha value is -3.02. The number of methoxy groups -OCH3 is 1. The number of Topliss-reactive ketones (excluding diaryl/α,β-unsaturated/α-hetero) is 2. The van der Waals surface area contributed by atoms with Gasteiger partial charge in [-0.15, -0.1) is 0 Å². The van der Waals surface area contributed by atoms with E-state index in [1.54, 1.807) is 25.1 Å². The van der Waals surface area contributed by atoms with Crippen LogP contribution >= 0.6 is 0 Å². The van der Waals surface area contributed by atoms with Crippen molar-refractivity contribution in [3.63, 3.8) is 0 Å². The first-order valence-electron chi connectivity index (χ1n) is 8.24. The first-order valence-corrected chi connectivity index (χ1v) is 8.24. The van der Waals surface area contributed by atoms with Crippen LogP contribution in [-0.4, -0.2) is 37.0 Å². The third-order valence-corrected chi connectivity index (χ3v) is 3.87. The largest absolute Gasteiger partial charge is 0.504 e. The highest BCUT2D eigenvalue weighted by Gasteiger charge is 2.23. The number of phenolic OH excluding ortho intramolecular Hbond substituents is 1. The van der Waals surface area contributed by atoms with Gasteiger partial charge in [0.25, 0.3) is 0 Å². The molecule has 0 amide bonds. The van der Waals surface area contributed by atoms with E-state index in [4.69, 9.17) is 14.2 Å². The molecule has 0 saturated heterocycles. The molecule has 1 aliphatic heterocycles. The minimum absolute atomic E-state index is 0.0293. The van der Waals surface area contributed by atoms with Crippen LogP contribution in [0.1, 0.15) is 30.1 Å². The van der Waals surface area contributed by atoms with Crippen molar-refractivity contribution in [2.24, 2.45) is 0 Å². The van der Waals surface area contributed by atoms with Gasteiger partial charge in [0.1, 0.15) is 19.0 Å². The van der Waals surface area contributed by atoms with Crippen LogP contribution in [0.2, 0.25) is 0 Å². The van der Waals surface area contributed by atoms with Gasteiger partial charge in [-0.05, 0) is 25.1 Å². The Morgan fingerprint density at radius 3 is 2.65 bits per heavy atom. The Balaban J connectivity index is 2.13. The van der Waals surface area contributed by atoms with Crippen LogP contribution < -0.4 is 9.47 Å². The maximum absolute atomic E-state index is 12.4. The number of fused-ring (bicyclic) bond motifs is 1. The van der Waals surface area contributed by atoms with Crippen LogP contribution in [0.4, 0.5) is 0 Å². The number of benzene rings is 1. The number of hydrogen-bond donors (Lipinski definition) is 1. The van der Waals surface area contributed by atoms with Crippen LogP contribution in [-0.2, 0) is 9.53 Å². The van der Waals surface area contributed by atoms with Crippen molar-refractivity contribution < 1.29 is 28.9 Å². The highest BCUT2D eigenvalue weighted by Crippen LogP contribution is 2.41. The van der Waals surface area contributed by atoms with Crippen LogP contribution in [0, 0.1) is 0 Å². The summed E-state index contributed by atoms with van der Waals surface area (Å²) in [6.07, 6.45) is 4.72. The van der Waals surface area contributed by atoms with Gasteiger partial charge in [-0.1, -0.05) is 18.7 Å². The molecule has 0 radical (unpaired) electrons. The Morgan fingerprint density at radius 1 is 1.27 bits per heavy atom. The van der Waals surface area contributed by atoms with Crippen molar-refractivity contribution in [3.8, 4) is 17.2 Å². The van der Waals surface area contributed by atoms with E-state index in [9.17, 15) is 14.7 Å². The van der Waals surface area contributed by atoms with Gasteiger partial charge in [-0.3, -0.25) is 9.59 Å². The fourth-order valence-electron chi connectivity index (χ4n) is 2.59. The average molecular weight is 358 g/mol. The Labute approximate surface area is 152 Å². The second-order valence-electron chi connectivity index (χ2n) is 5.52. The topological polar surface area (TPSA) is 82.1 Å². The first kappa shape index (κ1) is 19.3. The van der Waals surface area contributed by atoms with Crippen LogP contribution in [0.15, 0.2) is 48.3 Å². The van der Waals surface area contributed by atoms with Gasteiger partial charge in [0.05, 0.1) is 18.2 Å². The SMILES string of the molecule is C=CC(C(=O)CCC(=O)c1ccc2c(c1O)OCCO2)=C(C=CC)OC. The summed E-state index contributed by atoms with van der Waals surface area (Å²) >= 11 is 0. The monoisotopic (exact) mass is 358 g/mol. The highest BCUT2D eigenvalue weighted by atomic mass is 16.6. The summed E-state index contributed by atoms with van der Waals surface area (Å²) in [5.41, 5.74) is 0.413. The van der Waals surface area contributed by atoms with Crippen molar-refractivity contribution in [1.29, 1.82) is 0 Å². The number of ether oxygens (including phenoxy) is 3. The molecule has 1 aromatic rings. The number of allylic oxidation sites excluding steroid dienone is 4. The van der Waals surface area contributed by atoms with E-state index in [1.165, 1.54) is 19.3 Å². The summed E-state index contributed by atoms with van der Waals surface area (Å²) in [6.45, 7) is 6.13. The van der Waals surface area contributed by atoms with Crippen molar-refractivity contribution in [2.75, 3.05) is 20.3 Å². The van der Waals surface area contributed by atoms with Crippen molar-refractivity contribution in [1.82, 2.24) is 0 Å². The third-order valence-electron chi connectivity index (χ3n) is 3.87. The second-order valence-corrected chi connectivity index (χ2v) is 5.52. The van der Waals surface area contributed by atoms with Gasteiger partial charge >= 0.3 is 0 Å². The molecule has 0 aromatic heterocycles. The normalized spacial score (nSPS) is 13.9. The minimum Gasteiger partial charge on any atom is -0.504 e. The Kier molecular flexibility index (Phi) is 6.60. The zero-order valence-electron chi connectivity index (χ0n) is 14.9. The average Bonchev–Trinajstić information content (AvgIpc) is 2.66. The summed E-state index contributed by atoms with van der Waals surface area (Å²) in [7, 11) is 1.46. The summed E-state index contributed by atoms with van der Waals surface area (Å²) in [5, 5.41) is 10.3. The molecule has 2 rings (SSSR count). The van der Waals surface area contributed by atoms with E-state index in [2.05, 4.69) is 6.58 Å². The number of phenols is 1. The maximum Gasteiger partial charge on any atom is 0.204 e. The molecule has 0 atom stereocenters. The molecule has 26 heavy (non-hydrogen) atoms. The zero-order chi connectivity index (χ0) is 19.1. The second kappa shape index (κ2) is 8.89. The van der Waals surface area contributed by atoms with Gasteiger partial charge in [-0.2, -0.15) is 0 Å². The van der Waals surface area contributed by atoms with Gasteiger partial charge < -0.3 is 19.3 Å². The Bertz CT molecular complexity index is 773. The van der Waals surface area contributed by atoms with Crippen molar-refractivity contribution in [2.45, 2.75) is 19.8 Å². The molecule has 1 aliphatic rings. The summed E-state index contributed by atoms with van der Waals surface area (Å²) in [6, 6.07) is 3.05. The lowest BCUT2D eigenvalue weighted by Gasteiger charge is -2.20. The number of rotatable bonds is 8. The van der Waals surface area contributed by atoms with Crippen LogP contribution in [0.25, 0.3) is 0 Å². The molecule has 1 aromatic carbocycles. The molecular weight excluding hydrogens is 336 g/mol. The lowest BCUT2D eigenvalue weighted by atomic mass is 9.99.